The molecule has 0 radical (unpaired) electrons. The van der Waals surface area contributed by atoms with E-state index in [9.17, 15) is 9.59 Å². The van der Waals surface area contributed by atoms with Crippen molar-refractivity contribution >= 4 is 23.2 Å². The topological polar surface area (TPSA) is 55.9 Å². The van der Waals surface area contributed by atoms with Gasteiger partial charge in [0.05, 0.1) is 0 Å². The van der Waals surface area contributed by atoms with E-state index in [2.05, 4.69) is 34.3 Å². The van der Waals surface area contributed by atoms with Crippen LogP contribution in [0.1, 0.15) is 28.8 Å². The predicted molar refractivity (Wildman–Crippen MR) is 115 cm³/mol. The normalized spacial score (nSPS) is 17.6. The Labute approximate surface area is 172 Å². The first-order chi connectivity index (χ1) is 14.1. The number of amides is 2. The lowest BCUT2D eigenvalue weighted by Gasteiger charge is -2.34. The van der Waals surface area contributed by atoms with E-state index in [-0.39, 0.29) is 11.8 Å². The van der Waals surface area contributed by atoms with Crippen molar-refractivity contribution in [2.24, 2.45) is 0 Å². The fraction of sp³-hybridized carbons (Fsp3) is 0.391. The fourth-order valence-electron chi connectivity index (χ4n) is 3.88. The van der Waals surface area contributed by atoms with Crippen LogP contribution in [0.5, 0.6) is 0 Å². The molecular weight excluding hydrogens is 364 g/mol. The number of hydrogen-bond acceptors (Lipinski definition) is 4. The molecule has 2 aromatic carbocycles. The minimum atomic E-state index is -0.124. The molecule has 0 aliphatic carbocycles. The van der Waals surface area contributed by atoms with Gasteiger partial charge in [-0.2, -0.15) is 0 Å². The smallest absolute Gasteiger partial charge is 0.255 e. The molecule has 2 aromatic rings. The number of likely N-dealkylation sites (N-methyl/N-ethyl adjacent to an activating group) is 1. The van der Waals surface area contributed by atoms with Gasteiger partial charge in [-0.15, -0.1) is 0 Å². The zero-order valence-corrected chi connectivity index (χ0v) is 16.9. The number of carbonyl (C=O) groups excluding carboxylic acids is 2. The van der Waals surface area contributed by atoms with Gasteiger partial charge in [0.25, 0.3) is 5.91 Å². The molecule has 29 heavy (non-hydrogen) atoms. The van der Waals surface area contributed by atoms with E-state index in [1.807, 2.05) is 41.3 Å². The lowest BCUT2D eigenvalue weighted by Crippen LogP contribution is -2.44. The van der Waals surface area contributed by atoms with E-state index in [1.165, 1.54) is 5.69 Å². The third-order valence-electron chi connectivity index (χ3n) is 5.75. The molecule has 0 bridgehead atoms. The van der Waals surface area contributed by atoms with Crippen LogP contribution in [0.4, 0.5) is 11.4 Å². The Kier molecular flexibility index (Phi) is 5.81. The zero-order valence-electron chi connectivity index (χ0n) is 16.9. The largest absolute Gasteiger partial charge is 0.369 e. The van der Waals surface area contributed by atoms with Gasteiger partial charge in [-0.25, -0.2) is 0 Å². The molecule has 0 spiro atoms. The Morgan fingerprint density at radius 2 is 1.62 bits per heavy atom. The highest BCUT2D eigenvalue weighted by molar-refractivity contribution is 6.04. The summed E-state index contributed by atoms with van der Waals surface area (Å²) in [6.45, 7) is 5.63. The second kappa shape index (κ2) is 8.66. The lowest BCUT2D eigenvalue weighted by molar-refractivity contribution is -0.128. The summed E-state index contributed by atoms with van der Waals surface area (Å²) in [5.74, 6) is 0.0907. The van der Waals surface area contributed by atoms with Gasteiger partial charge >= 0.3 is 0 Å². The van der Waals surface area contributed by atoms with Crippen LogP contribution in [-0.2, 0) is 11.3 Å². The average Bonchev–Trinajstić information content (AvgIpc) is 3.14. The van der Waals surface area contributed by atoms with Gasteiger partial charge in [0.1, 0.15) is 0 Å². The fourth-order valence-corrected chi connectivity index (χ4v) is 3.88. The summed E-state index contributed by atoms with van der Waals surface area (Å²) in [5.41, 5.74) is 3.65. The summed E-state index contributed by atoms with van der Waals surface area (Å²) >= 11 is 0. The van der Waals surface area contributed by atoms with Gasteiger partial charge in [-0.3, -0.25) is 9.59 Å². The van der Waals surface area contributed by atoms with Crippen LogP contribution in [0, 0.1) is 0 Å². The van der Waals surface area contributed by atoms with Gasteiger partial charge in [-0.1, -0.05) is 12.1 Å². The summed E-state index contributed by atoms with van der Waals surface area (Å²) in [5, 5.41) is 2.96. The molecule has 6 heteroatoms. The van der Waals surface area contributed by atoms with Crippen molar-refractivity contribution in [2.75, 3.05) is 50.0 Å². The van der Waals surface area contributed by atoms with Gasteiger partial charge in [0, 0.05) is 62.6 Å². The van der Waals surface area contributed by atoms with Crippen molar-refractivity contribution in [3.8, 4) is 0 Å². The number of hydrogen-bond donors (Lipinski definition) is 1. The number of nitrogens with one attached hydrogen (secondary N) is 1. The van der Waals surface area contributed by atoms with Crippen LogP contribution >= 0.6 is 0 Å². The van der Waals surface area contributed by atoms with E-state index in [0.717, 1.165) is 50.4 Å². The predicted octanol–water partition coefficient (Wildman–Crippen LogP) is 2.81. The van der Waals surface area contributed by atoms with E-state index >= 15 is 0 Å². The summed E-state index contributed by atoms with van der Waals surface area (Å²) in [6, 6.07) is 15.5. The Hall–Kier alpha value is -2.86. The molecule has 0 aromatic heterocycles. The minimum absolute atomic E-state index is 0.124. The molecule has 2 aliphatic rings. The quantitative estimate of drug-likeness (QED) is 0.850. The Morgan fingerprint density at radius 1 is 0.931 bits per heavy atom. The maximum Gasteiger partial charge on any atom is 0.255 e. The SMILES string of the molecule is CN1CCN(c2ccc(NC(=O)c3ccc(CN4CCCC4=O)cc3)cc2)CC1. The van der Waals surface area contributed by atoms with Crippen LogP contribution in [0.3, 0.4) is 0 Å². The van der Waals surface area contributed by atoms with Crippen molar-refractivity contribution in [1.82, 2.24) is 9.80 Å². The van der Waals surface area contributed by atoms with Crippen LogP contribution in [0.25, 0.3) is 0 Å². The van der Waals surface area contributed by atoms with Crippen molar-refractivity contribution in [3.63, 3.8) is 0 Å². The van der Waals surface area contributed by atoms with E-state index in [1.54, 1.807) is 0 Å². The number of likely N-dealkylation sites (tertiary alicyclic amines) is 1. The third kappa shape index (κ3) is 4.77. The molecule has 2 fully saturated rings. The molecule has 2 aliphatic heterocycles. The number of nitrogens with zero attached hydrogens (tertiary/aromatic N) is 3. The summed E-state index contributed by atoms with van der Waals surface area (Å²) in [7, 11) is 2.15. The molecule has 0 atom stereocenters. The highest BCUT2D eigenvalue weighted by Gasteiger charge is 2.20. The van der Waals surface area contributed by atoms with Crippen LogP contribution in [0.15, 0.2) is 48.5 Å². The molecule has 2 heterocycles. The average molecular weight is 393 g/mol. The second-order valence-corrected chi connectivity index (χ2v) is 7.91. The Balaban J connectivity index is 1.33. The summed E-state index contributed by atoms with van der Waals surface area (Å²) in [6.07, 6.45) is 1.58. The number of rotatable bonds is 5. The Bertz CT molecular complexity index is 855. The molecule has 2 saturated heterocycles. The number of piperazine rings is 1. The molecular formula is C23H28N4O2. The molecule has 1 N–H and O–H groups in total. The van der Waals surface area contributed by atoms with Gasteiger partial charge in [-0.05, 0) is 55.4 Å². The highest BCUT2D eigenvalue weighted by atomic mass is 16.2. The van der Waals surface area contributed by atoms with Crippen molar-refractivity contribution in [1.29, 1.82) is 0 Å². The van der Waals surface area contributed by atoms with Gasteiger partial charge in [0.15, 0.2) is 0 Å². The van der Waals surface area contributed by atoms with Crippen LogP contribution in [-0.4, -0.2) is 61.4 Å². The first kappa shape index (κ1) is 19.5. The van der Waals surface area contributed by atoms with Crippen LogP contribution in [0.2, 0.25) is 0 Å². The zero-order chi connectivity index (χ0) is 20.2. The maximum atomic E-state index is 12.6. The van der Waals surface area contributed by atoms with Crippen molar-refractivity contribution in [2.45, 2.75) is 19.4 Å². The standard InChI is InChI=1S/C23H28N4O2/c1-25-13-15-26(16-14-25)21-10-8-20(9-11-21)24-23(29)19-6-4-18(5-7-19)17-27-12-2-3-22(27)28/h4-11H,2-3,12-17H2,1H3,(H,24,29). The number of benzene rings is 2. The van der Waals surface area contributed by atoms with E-state index in [4.69, 9.17) is 0 Å². The third-order valence-corrected chi connectivity index (χ3v) is 5.75. The molecule has 4 rings (SSSR count). The van der Waals surface area contributed by atoms with Gasteiger partial charge in [0.2, 0.25) is 5.91 Å². The van der Waals surface area contributed by atoms with Crippen molar-refractivity contribution in [3.05, 3.63) is 59.7 Å². The minimum Gasteiger partial charge on any atom is -0.369 e. The maximum absolute atomic E-state index is 12.6. The highest BCUT2D eigenvalue weighted by Crippen LogP contribution is 2.20. The molecule has 0 unspecified atom stereocenters. The second-order valence-electron chi connectivity index (χ2n) is 7.91. The summed E-state index contributed by atoms with van der Waals surface area (Å²) < 4.78 is 0. The first-order valence-corrected chi connectivity index (χ1v) is 10.3. The number of anilines is 2. The Morgan fingerprint density at radius 3 is 2.24 bits per heavy atom. The molecule has 6 nitrogen and oxygen atoms in total. The van der Waals surface area contributed by atoms with Crippen molar-refractivity contribution < 1.29 is 9.59 Å². The van der Waals surface area contributed by atoms with Gasteiger partial charge < -0.3 is 20.0 Å². The first-order valence-electron chi connectivity index (χ1n) is 10.3. The molecule has 0 saturated carbocycles. The van der Waals surface area contributed by atoms with E-state index < -0.39 is 0 Å². The number of carbonyl (C=O) groups is 2. The molecule has 2 amide bonds. The van der Waals surface area contributed by atoms with Crippen LogP contribution < -0.4 is 10.2 Å². The molecule has 152 valence electrons. The summed E-state index contributed by atoms with van der Waals surface area (Å²) in [4.78, 5) is 30.9. The lowest BCUT2D eigenvalue weighted by atomic mass is 10.1. The monoisotopic (exact) mass is 392 g/mol. The van der Waals surface area contributed by atoms with E-state index in [0.29, 0.717) is 18.5 Å².